The Balaban J connectivity index is 2.18. The third-order valence-corrected chi connectivity index (χ3v) is 8.17. The minimum Gasteiger partial charge on any atom is -0.342 e. The molecule has 5 nitrogen and oxygen atoms in total. The molecule has 0 unspecified atom stereocenters. The highest BCUT2D eigenvalue weighted by molar-refractivity contribution is 7.89. The Morgan fingerprint density at radius 2 is 1.46 bits per heavy atom. The average molecular weight is 409 g/mol. The Hall–Kier alpha value is -1.40. The molecular weight excluding hydrogens is 372 g/mol. The molecule has 28 heavy (non-hydrogen) atoms. The van der Waals surface area contributed by atoms with Crippen LogP contribution in [0.4, 0.5) is 0 Å². The van der Waals surface area contributed by atoms with Gasteiger partial charge in [0.05, 0.1) is 4.90 Å². The predicted molar refractivity (Wildman–Crippen MR) is 114 cm³/mol. The van der Waals surface area contributed by atoms with Gasteiger partial charge in [0, 0.05) is 32.1 Å². The molecule has 2 rings (SSSR count). The van der Waals surface area contributed by atoms with Gasteiger partial charge in [-0.15, -0.1) is 0 Å². The largest absolute Gasteiger partial charge is 0.342 e. The van der Waals surface area contributed by atoms with E-state index in [2.05, 4.69) is 13.8 Å². The topological polar surface area (TPSA) is 57.7 Å². The molecule has 0 aromatic heterocycles. The zero-order chi connectivity index (χ0) is 21.1. The average Bonchev–Trinajstić information content (AvgIpc) is 2.66. The summed E-state index contributed by atoms with van der Waals surface area (Å²) in [6, 6.07) is 2.05. The van der Waals surface area contributed by atoms with Crippen molar-refractivity contribution in [2.75, 3.05) is 26.2 Å². The van der Waals surface area contributed by atoms with Crippen LogP contribution in [0.5, 0.6) is 0 Å². The number of hydrogen-bond donors (Lipinski definition) is 0. The van der Waals surface area contributed by atoms with Gasteiger partial charge in [0.25, 0.3) is 0 Å². The van der Waals surface area contributed by atoms with Gasteiger partial charge in [0.2, 0.25) is 15.9 Å². The summed E-state index contributed by atoms with van der Waals surface area (Å²) >= 11 is 0. The van der Waals surface area contributed by atoms with E-state index in [-0.39, 0.29) is 11.8 Å². The number of aryl methyl sites for hydroxylation is 2. The fourth-order valence-electron chi connectivity index (χ4n) is 4.17. The molecular formula is C22H36N2O3S. The Bertz CT molecular complexity index is 777. The van der Waals surface area contributed by atoms with Gasteiger partial charge < -0.3 is 4.90 Å². The third-order valence-electron chi connectivity index (χ3n) is 6.00. The lowest BCUT2D eigenvalue weighted by Gasteiger charge is -2.34. The smallest absolute Gasteiger partial charge is 0.243 e. The fourth-order valence-corrected chi connectivity index (χ4v) is 6.22. The lowest BCUT2D eigenvalue weighted by atomic mass is 9.96. The first kappa shape index (κ1) is 22.9. The molecule has 0 saturated carbocycles. The van der Waals surface area contributed by atoms with Crippen LogP contribution in [-0.4, -0.2) is 49.7 Å². The molecule has 1 heterocycles. The van der Waals surface area contributed by atoms with E-state index in [1.807, 2.05) is 38.7 Å². The molecule has 1 saturated heterocycles. The van der Waals surface area contributed by atoms with Crippen molar-refractivity contribution in [2.45, 2.75) is 72.1 Å². The van der Waals surface area contributed by atoms with Crippen LogP contribution in [0.3, 0.4) is 0 Å². The van der Waals surface area contributed by atoms with Crippen LogP contribution in [0.2, 0.25) is 0 Å². The molecule has 1 aromatic rings. The number of nitrogens with zero attached hydrogens (tertiary/aromatic N) is 2. The fraction of sp³-hybridized carbons (Fsp3) is 0.682. The van der Waals surface area contributed by atoms with Crippen molar-refractivity contribution in [3.8, 4) is 0 Å². The van der Waals surface area contributed by atoms with E-state index in [0.29, 0.717) is 30.8 Å². The van der Waals surface area contributed by atoms with Crippen LogP contribution in [0.15, 0.2) is 11.0 Å². The van der Waals surface area contributed by atoms with Crippen LogP contribution >= 0.6 is 0 Å². The van der Waals surface area contributed by atoms with E-state index in [1.54, 1.807) is 4.31 Å². The van der Waals surface area contributed by atoms with Crippen molar-refractivity contribution in [3.05, 3.63) is 28.3 Å². The van der Waals surface area contributed by atoms with Crippen molar-refractivity contribution in [2.24, 2.45) is 5.92 Å². The summed E-state index contributed by atoms with van der Waals surface area (Å²) in [6.07, 6.45) is 3.10. The first-order valence-electron chi connectivity index (χ1n) is 10.5. The van der Waals surface area contributed by atoms with Crippen LogP contribution in [0.1, 0.15) is 61.8 Å². The summed E-state index contributed by atoms with van der Waals surface area (Å²) in [4.78, 5) is 15.3. The van der Waals surface area contributed by atoms with E-state index >= 15 is 0 Å². The van der Waals surface area contributed by atoms with Crippen LogP contribution in [0, 0.1) is 33.6 Å². The number of carbonyl (C=O) groups excluding carboxylic acids is 1. The molecule has 1 fully saturated rings. The molecule has 1 aromatic carbocycles. The Kier molecular flexibility index (Phi) is 7.68. The zero-order valence-electron chi connectivity index (χ0n) is 18.3. The first-order valence-corrected chi connectivity index (χ1v) is 11.9. The Labute approximate surface area is 171 Å². The maximum atomic E-state index is 13.4. The van der Waals surface area contributed by atoms with E-state index in [9.17, 15) is 13.2 Å². The second kappa shape index (κ2) is 9.40. The molecule has 0 N–H and O–H groups in total. The first-order chi connectivity index (χ1) is 13.1. The maximum Gasteiger partial charge on any atom is 0.243 e. The summed E-state index contributed by atoms with van der Waals surface area (Å²) in [5, 5.41) is 0. The Morgan fingerprint density at radius 3 is 1.89 bits per heavy atom. The molecule has 6 heteroatoms. The third kappa shape index (κ3) is 4.60. The van der Waals surface area contributed by atoms with Gasteiger partial charge in [-0.3, -0.25) is 4.79 Å². The van der Waals surface area contributed by atoms with E-state index in [4.69, 9.17) is 0 Å². The maximum absolute atomic E-state index is 13.4. The van der Waals surface area contributed by atoms with E-state index in [0.717, 1.165) is 48.2 Å². The minimum absolute atomic E-state index is 0.0639. The van der Waals surface area contributed by atoms with Gasteiger partial charge in [-0.2, -0.15) is 4.31 Å². The highest BCUT2D eigenvalue weighted by Gasteiger charge is 2.35. The molecule has 1 aliphatic rings. The molecule has 0 spiro atoms. The quantitative estimate of drug-likeness (QED) is 0.686. The van der Waals surface area contributed by atoms with E-state index in [1.165, 1.54) is 0 Å². The zero-order valence-corrected chi connectivity index (χ0v) is 19.2. The molecule has 158 valence electrons. The summed E-state index contributed by atoms with van der Waals surface area (Å²) in [5.74, 6) is 0.130. The molecule has 1 amide bonds. The van der Waals surface area contributed by atoms with Crippen molar-refractivity contribution in [1.29, 1.82) is 0 Å². The SMILES string of the molecule is CCCN(CCC)C(=O)C1CCN(S(=O)(=O)c2c(C)c(C)cc(C)c2C)CC1. The van der Waals surface area contributed by atoms with Gasteiger partial charge in [0.1, 0.15) is 0 Å². The summed E-state index contributed by atoms with van der Waals surface area (Å²) in [5.41, 5.74) is 3.67. The number of sulfonamides is 1. The molecule has 0 radical (unpaired) electrons. The van der Waals surface area contributed by atoms with Gasteiger partial charge in [0.15, 0.2) is 0 Å². The molecule has 0 atom stereocenters. The molecule has 0 aliphatic carbocycles. The minimum atomic E-state index is -3.55. The monoisotopic (exact) mass is 408 g/mol. The van der Waals surface area contributed by atoms with Crippen molar-refractivity contribution < 1.29 is 13.2 Å². The van der Waals surface area contributed by atoms with E-state index < -0.39 is 10.0 Å². The van der Waals surface area contributed by atoms with Gasteiger partial charge >= 0.3 is 0 Å². The number of carbonyl (C=O) groups is 1. The second-order valence-corrected chi connectivity index (χ2v) is 9.97. The summed E-state index contributed by atoms with van der Waals surface area (Å²) < 4.78 is 28.3. The highest BCUT2D eigenvalue weighted by atomic mass is 32.2. The molecule has 0 bridgehead atoms. The lowest BCUT2D eigenvalue weighted by Crippen LogP contribution is -2.45. The normalized spacial score (nSPS) is 16.4. The lowest BCUT2D eigenvalue weighted by molar-refractivity contribution is -0.136. The predicted octanol–water partition coefficient (Wildman–Crippen LogP) is 3.97. The molecule has 1 aliphatic heterocycles. The van der Waals surface area contributed by atoms with Gasteiger partial charge in [-0.25, -0.2) is 8.42 Å². The summed E-state index contributed by atoms with van der Waals surface area (Å²) in [7, 11) is -3.55. The van der Waals surface area contributed by atoms with Gasteiger partial charge in [-0.05, 0) is 75.6 Å². The number of benzene rings is 1. The number of hydrogen-bond acceptors (Lipinski definition) is 3. The van der Waals surface area contributed by atoms with Crippen molar-refractivity contribution >= 4 is 15.9 Å². The Morgan fingerprint density at radius 1 is 1.00 bits per heavy atom. The number of amides is 1. The summed E-state index contributed by atoms with van der Waals surface area (Å²) in [6.45, 7) is 14.3. The van der Waals surface area contributed by atoms with Crippen LogP contribution < -0.4 is 0 Å². The number of piperidine rings is 1. The standard InChI is InChI=1S/C22H36N2O3S/c1-7-11-23(12-8-2)22(25)20-9-13-24(14-10-20)28(26,27)21-18(5)16(3)15-17(4)19(21)6/h15,20H,7-14H2,1-6H3. The highest BCUT2D eigenvalue weighted by Crippen LogP contribution is 2.31. The second-order valence-electron chi connectivity index (χ2n) is 8.09. The van der Waals surface area contributed by atoms with Crippen LogP contribution in [-0.2, 0) is 14.8 Å². The van der Waals surface area contributed by atoms with Crippen molar-refractivity contribution in [3.63, 3.8) is 0 Å². The van der Waals surface area contributed by atoms with Crippen LogP contribution in [0.25, 0.3) is 0 Å². The van der Waals surface area contributed by atoms with Crippen molar-refractivity contribution in [1.82, 2.24) is 9.21 Å². The number of rotatable bonds is 7. The van der Waals surface area contributed by atoms with Gasteiger partial charge in [-0.1, -0.05) is 19.9 Å².